The number of thioether (sulfide) groups is 1. The summed E-state index contributed by atoms with van der Waals surface area (Å²) in [7, 11) is 0. The van der Waals surface area contributed by atoms with E-state index in [1.807, 2.05) is 30.0 Å². The Labute approximate surface area is 142 Å². The quantitative estimate of drug-likeness (QED) is 0.800. The highest BCUT2D eigenvalue weighted by Gasteiger charge is 2.53. The lowest BCUT2D eigenvalue weighted by Crippen LogP contribution is -2.53. The van der Waals surface area contributed by atoms with Crippen molar-refractivity contribution in [2.24, 2.45) is 23.7 Å². The van der Waals surface area contributed by atoms with E-state index in [-0.39, 0.29) is 28.9 Å². The third kappa shape index (κ3) is 2.77. The minimum absolute atomic E-state index is 0.0109. The number of carbonyl (C=O) groups excluding carboxylic acids is 2. The lowest BCUT2D eigenvalue weighted by Gasteiger charge is -2.46. The average Bonchev–Trinajstić information content (AvgIpc) is 2.60. The number of benzene rings is 1. The molecule has 3 fully saturated rings. The van der Waals surface area contributed by atoms with Crippen LogP contribution in [0.4, 0.5) is 0 Å². The molecule has 0 saturated heterocycles. The van der Waals surface area contributed by atoms with Crippen LogP contribution >= 0.6 is 11.8 Å². The van der Waals surface area contributed by atoms with Crippen molar-refractivity contribution < 1.29 is 9.59 Å². The van der Waals surface area contributed by atoms with E-state index in [4.69, 9.17) is 0 Å². The van der Waals surface area contributed by atoms with Crippen LogP contribution in [-0.4, -0.2) is 16.8 Å². The summed E-state index contributed by atoms with van der Waals surface area (Å²) in [5, 5.41) is 0.287. The molecular formula is C20H24O2S. The molecule has 0 N–H and O–H groups in total. The SMILES string of the molecule is O=C1C2CCCCC2C(=O)C2C(Sc3ccccc3)CCCC12. The molecule has 0 spiro atoms. The van der Waals surface area contributed by atoms with Crippen LogP contribution in [-0.2, 0) is 9.59 Å². The Kier molecular flexibility index (Phi) is 4.31. The van der Waals surface area contributed by atoms with Crippen molar-refractivity contribution >= 4 is 23.3 Å². The van der Waals surface area contributed by atoms with Gasteiger partial charge in [0.05, 0.1) is 0 Å². The fourth-order valence-electron chi connectivity index (χ4n) is 5.00. The predicted molar refractivity (Wildman–Crippen MR) is 92.4 cm³/mol. The zero-order valence-corrected chi connectivity index (χ0v) is 14.3. The first kappa shape index (κ1) is 15.4. The van der Waals surface area contributed by atoms with Gasteiger partial charge in [0, 0.05) is 33.8 Å². The van der Waals surface area contributed by atoms with Crippen LogP contribution in [0.5, 0.6) is 0 Å². The van der Waals surface area contributed by atoms with Crippen LogP contribution < -0.4 is 0 Å². The minimum Gasteiger partial charge on any atom is -0.299 e. The van der Waals surface area contributed by atoms with E-state index in [0.29, 0.717) is 11.6 Å². The number of hydrogen-bond donors (Lipinski definition) is 0. The highest BCUT2D eigenvalue weighted by atomic mass is 32.2. The second kappa shape index (κ2) is 6.43. The molecule has 3 heteroatoms. The van der Waals surface area contributed by atoms with Crippen molar-refractivity contribution in [3.8, 4) is 0 Å². The second-order valence-electron chi connectivity index (χ2n) is 7.33. The highest BCUT2D eigenvalue weighted by molar-refractivity contribution is 8.00. The van der Waals surface area contributed by atoms with E-state index in [1.165, 1.54) is 4.90 Å². The van der Waals surface area contributed by atoms with Gasteiger partial charge in [-0.3, -0.25) is 9.59 Å². The summed E-state index contributed by atoms with van der Waals surface area (Å²) in [4.78, 5) is 27.4. The molecule has 0 radical (unpaired) electrons. The van der Waals surface area contributed by atoms with Crippen LogP contribution in [0.1, 0.15) is 44.9 Å². The van der Waals surface area contributed by atoms with Gasteiger partial charge in [-0.25, -0.2) is 0 Å². The number of fused-ring (bicyclic) bond motifs is 2. The first-order valence-corrected chi connectivity index (χ1v) is 9.93. The van der Waals surface area contributed by atoms with Gasteiger partial charge in [-0.2, -0.15) is 0 Å². The predicted octanol–water partition coefficient (Wildman–Crippen LogP) is 4.52. The summed E-state index contributed by atoms with van der Waals surface area (Å²) in [6, 6.07) is 10.4. The Morgan fingerprint density at radius 3 is 2.13 bits per heavy atom. The maximum Gasteiger partial charge on any atom is 0.141 e. The van der Waals surface area contributed by atoms with Crippen LogP contribution in [0.25, 0.3) is 0 Å². The Hall–Kier alpha value is -1.09. The van der Waals surface area contributed by atoms with E-state index in [1.54, 1.807) is 0 Å². The van der Waals surface area contributed by atoms with Crippen molar-refractivity contribution in [2.45, 2.75) is 55.1 Å². The summed E-state index contributed by atoms with van der Waals surface area (Å²) >= 11 is 1.82. The molecular weight excluding hydrogens is 304 g/mol. The number of ketones is 2. The van der Waals surface area contributed by atoms with Crippen molar-refractivity contribution in [1.29, 1.82) is 0 Å². The van der Waals surface area contributed by atoms with Gasteiger partial charge in [0.15, 0.2) is 0 Å². The fraction of sp³-hybridized carbons (Fsp3) is 0.600. The van der Waals surface area contributed by atoms with Gasteiger partial charge in [-0.1, -0.05) is 37.5 Å². The summed E-state index contributed by atoms with van der Waals surface area (Å²) in [6.45, 7) is 0. The van der Waals surface area contributed by atoms with Gasteiger partial charge < -0.3 is 0 Å². The van der Waals surface area contributed by atoms with E-state index in [2.05, 4.69) is 12.1 Å². The average molecular weight is 328 g/mol. The molecule has 3 aliphatic carbocycles. The molecule has 0 aromatic heterocycles. The monoisotopic (exact) mass is 328 g/mol. The van der Waals surface area contributed by atoms with Gasteiger partial charge in [-0.05, 0) is 37.8 Å². The summed E-state index contributed by atoms with van der Waals surface area (Å²) < 4.78 is 0. The number of rotatable bonds is 2. The lowest BCUT2D eigenvalue weighted by molar-refractivity contribution is -0.150. The first-order valence-electron chi connectivity index (χ1n) is 9.05. The number of hydrogen-bond acceptors (Lipinski definition) is 3. The maximum atomic E-state index is 13.2. The van der Waals surface area contributed by atoms with Gasteiger partial charge in [0.1, 0.15) is 11.6 Å². The third-order valence-corrected chi connectivity index (χ3v) is 7.44. The lowest BCUT2D eigenvalue weighted by atomic mass is 9.58. The number of carbonyl (C=O) groups is 2. The van der Waals surface area contributed by atoms with Crippen molar-refractivity contribution in [3.05, 3.63) is 30.3 Å². The third-order valence-electron chi connectivity index (χ3n) is 6.06. The van der Waals surface area contributed by atoms with Crippen LogP contribution in [0.2, 0.25) is 0 Å². The Morgan fingerprint density at radius 2 is 1.39 bits per heavy atom. The summed E-state index contributed by atoms with van der Waals surface area (Å²) in [5.41, 5.74) is 0. The number of Topliss-reactive ketones (excluding diaryl/α,β-unsaturated/α-hetero) is 2. The van der Waals surface area contributed by atoms with Crippen molar-refractivity contribution in [3.63, 3.8) is 0 Å². The van der Waals surface area contributed by atoms with Gasteiger partial charge in [-0.15, -0.1) is 11.8 Å². The smallest absolute Gasteiger partial charge is 0.141 e. The summed E-state index contributed by atoms with van der Waals surface area (Å²) in [6.07, 6.45) is 7.23. The topological polar surface area (TPSA) is 34.1 Å². The molecule has 1 aromatic carbocycles. The highest BCUT2D eigenvalue weighted by Crippen LogP contribution is 2.49. The molecule has 23 heavy (non-hydrogen) atoms. The van der Waals surface area contributed by atoms with Crippen LogP contribution in [0.15, 0.2) is 35.2 Å². The molecule has 2 nitrogen and oxygen atoms in total. The molecule has 0 bridgehead atoms. The van der Waals surface area contributed by atoms with Crippen molar-refractivity contribution in [2.75, 3.05) is 0 Å². The maximum absolute atomic E-state index is 13.2. The first-order chi connectivity index (χ1) is 11.3. The molecule has 122 valence electrons. The molecule has 0 heterocycles. The zero-order chi connectivity index (χ0) is 15.8. The minimum atomic E-state index is -0.0270. The van der Waals surface area contributed by atoms with Gasteiger partial charge >= 0.3 is 0 Å². The van der Waals surface area contributed by atoms with Gasteiger partial charge in [0.25, 0.3) is 0 Å². The summed E-state index contributed by atoms with van der Waals surface area (Å²) in [5.74, 6) is 0.926. The molecule has 5 atom stereocenters. The molecule has 4 rings (SSSR count). The Bertz CT molecular complexity index is 597. The largest absolute Gasteiger partial charge is 0.299 e. The van der Waals surface area contributed by atoms with E-state index in [9.17, 15) is 9.59 Å². The fourth-order valence-corrected chi connectivity index (χ4v) is 6.42. The molecule has 3 aliphatic rings. The van der Waals surface area contributed by atoms with Crippen LogP contribution in [0, 0.1) is 23.7 Å². The molecule has 0 amide bonds. The Balaban J connectivity index is 1.60. The van der Waals surface area contributed by atoms with Gasteiger partial charge in [0.2, 0.25) is 0 Å². The molecule has 1 aromatic rings. The normalized spacial score (nSPS) is 37.1. The van der Waals surface area contributed by atoms with E-state index >= 15 is 0 Å². The standard InChI is InChI=1S/C20H24O2S/c21-19-14-9-4-5-10-15(14)20(22)18-16(19)11-6-12-17(18)23-13-7-2-1-3-8-13/h1-3,7-8,14-18H,4-6,9-12H2. The second-order valence-corrected chi connectivity index (χ2v) is 8.65. The zero-order valence-electron chi connectivity index (χ0n) is 13.4. The van der Waals surface area contributed by atoms with Crippen molar-refractivity contribution in [1.82, 2.24) is 0 Å². The van der Waals surface area contributed by atoms with E-state index in [0.717, 1.165) is 44.9 Å². The molecule has 5 unspecified atom stereocenters. The molecule has 0 aliphatic heterocycles. The molecule has 3 saturated carbocycles. The van der Waals surface area contributed by atoms with Crippen LogP contribution in [0.3, 0.4) is 0 Å². The Morgan fingerprint density at radius 1 is 0.739 bits per heavy atom. The van der Waals surface area contributed by atoms with E-state index < -0.39 is 0 Å².